The quantitative estimate of drug-likeness (QED) is 0.0612. The lowest BCUT2D eigenvalue weighted by Gasteiger charge is -2.45. The molecule has 3 aromatic carbocycles. The van der Waals surface area contributed by atoms with Crippen molar-refractivity contribution in [1.82, 2.24) is 30.1 Å². The number of anilines is 6. The molecule has 3 amide bonds. The second-order valence-corrected chi connectivity index (χ2v) is 25.6. The summed E-state index contributed by atoms with van der Waals surface area (Å²) in [5.74, 6) is -1.98. The van der Waals surface area contributed by atoms with Crippen LogP contribution in [0.3, 0.4) is 0 Å². The molecular weight excluding hydrogens is 1040 g/mol. The largest absolute Gasteiger partial charge is 0.494 e. The fraction of sp³-hybridized carbons (Fsp3) is 0.500. The average Bonchev–Trinajstić information content (AvgIpc) is 4.14. The zero-order valence-electron chi connectivity index (χ0n) is 43.0. The Morgan fingerprint density at radius 3 is 2.29 bits per heavy atom. The lowest BCUT2D eigenvalue weighted by molar-refractivity contribution is -0.144. The summed E-state index contributed by atoms with van der Waals surface area (Å²) >= 11 is 3.67. The van der Waals surface area contributed by atoms with Crippen molar-refractivity contribution in [2.45, 2.75) is 115 Å². The van der Waals surface area contributed by atoms with E-state index in [0.717, 1.165) is 129 Å². The number of nitrogens with zero attached hydrogens (tertiary/aromatic N) is 6. The average molecular weight is 1110 g/mol. The van der Waals surface area contributed by atoms with Gasteiger partial charge in [0.1, 0.15) is 30.3 Å². The van der Waals surface area contributed by atoms with Gasteiger partial charge in [-0.2, -0.15) is 4.98 Å². The molecule has 1 atom stereocenters. The number of carbonyl (C=O) groups is 3. The van der Waals surface area contributed by atoms with Crippen LogP contribution in [0.4, 0.5) is 43.3 Å². The summed E-state index contributed by atoms with van der Waals surface area (Å²) in [6.07, 6.45) is 12.2. The molecule has 1 unspecified atom stereocenters. The van der Waals surface area contributed by atoms with E-state index in [4.69, 9.17) is 14.7 Å². The summed E-state index contributed by atoms with van der Waals surface area (Å²) in [7, 11) is -0.986. The third-order valence-corrected chi connectivity index (χ3v) is 21.2. The van der Waals surface area contributed by atoms with Gasteiger partial charge in [0.25, 0.3) is 0 Å². The Morgan fingerprint density at radius 1 is 0.880 bits per heavy atom. The van der Waals surface area contributed by atoms with Gasteiger partial charge in [-0.25, -0.2) is 13.8 Å². The summed E-state index contributed by atoms with van der Waals surface area (Å²) in [5, 5.41) is 14.4. The van der Waals surface area contributed by atoms with Crippen molar-refractivity contribution in [3.05, 3.63) is 87.7 Å². The zero-order valence-corrected chi connectivity index (χ0v) is 45.5. The van der Waals surface area contributed by atoms with Crippen LogP contribution < -0.4 is 36.2 Å². The number of aryl methyl sites for hydroxylation is 2. The number of benzene rings is 3. The Balaban J connectivity index is 0.704. The summed E-state index contributed by atoms with van der Waals surface area (Å²) in [6.45, 7) is 9.02. The number of aromatic nitrogens is 3. The number of halogens is 3. The third kappa shape index (κ3) is 9.88. The molecule has 4 N–H and O–H groups in total. The normalized spacial score (nSPS) is 23.9. The van der Waals surface area contributed by atoms with Crippen LogP contribution in [-0.2, 0) is 31.8 Å². The molecular formula is C56H66BrF2N10O5P. The number of piperidine rings is 2. The van der Waals surface area contributed by atoms with E-state index in [9.17, 15) is 18.9 Å². The van der Waals surface area contributed by atoms with Crippen molar-refractivity contribution in [3.8, 4) is 5.75 Å². The van der Waals surface area contributed by atoms with E-state index in [1.807, 2.05) is 23.1 Å². The van der Waals surface area contributed by atoms with Gasteiger partial charge in [0.15, 0.2) is 0 Å². The highest BCUT2D eigenvalue weighted by atomic mass is 79.9. The van der Waals surface area contributed by atoms with Gasteiger partial charge in [-0.1, -0.05) is 19.9 Å². The predicted octanol–water partition coefficient (Wildman–Crippen LogP) is 9.92. The van der Waals surface area contributed by atoms with E-state index in [1.165, 1.54) is 17.7 Å². The van der Waals surface area contributed by atoms with Gasteiger partial charge in [0.05, 0.1) is 39.8 Å². The summed E-state index contributed by atoms with van der Waals surface area (Å²) < 4.78 is 52.1. The Hall–Kier alpha value is -5.71. The van der Waals surface area contributed by atoms with Gasteiger partial charge >= 0.3 is 0 Å². The predicted molar refractivity (Wildman–Crippen MR) is 293 cm³/mol. The fourth-order valence-electron chi connectivity index (χ4n) is 13.3. The molecule has 5 aromatic rings. The molecule has 2 aliphatic carbocycles. The van der Waals surface area contributed by atoms with Gasteiger partial charge in [0, 0.05) is 115 Å². The minimum absolute atomic E-state index is 0.0316. The van der Waals surface area contributed by atoms with Gasteiger partial charge in [-0.05, 0) is 135 Å². The molecule has 396 valence electrons. The maximum absolute atomic E-state index is 15.4. The molecule has 4 saturated heterocycles. The number of rotatable bonds is 14. The number of hydrogen-bond donors (Lipinski definition) is 4. The van der Waals surface area contributed by atoms with Crippen LogP contribution in [0.15, 0.2) is 59.2 Å². The van der Waals surface area contributed by atoms with Crippen LogP contribution in [-0.4, -0.2) is 113 Å². The van der Waals surface area contributed by atoms with E-state index in [2.05, 4.69) is 84.0 Å². The first-order chi connectivity index (χ1) is 36.2. The highest BCUT2D eigenvalue weighted by molar-refractivity contribution is 9.10. The van der Waals surface area contributed by atoms with Gasteiger partial charge < -0.3 is 35.1 Å². The number of piperazine rings is 1. The smallest absolute Gasteiger partial charge is 0.234 e. The number of carbonyl (C=O) groups excluding carboxylic acids is 3. The van der Waals surface area contributed by atoms with E-state index in [1.54, 1.807) is 13.3 Å². The molecule has 2 bridgehead atoms. The molecule has 6 aliphatic rings. The highest BCUT2D eigenvalue weighted by Gasteiger charge is 2.59. The maximum Gasteiger partial charge on any atom is 0.234 e. The SMILES string of the molecule is CCc1ccc2c(P3(=O)CCCC3)c(Nc3nc(Nc4cc(CC)c(N5CCC(N6CCN(C(=O)C78CCC(Nc9cc(F)c(C%10CCC(=O)NC%10=O)c(F)c9)(CC7)C8)CC6)CC5)cc4OC)ncc3Br)ccc2n1. The fourth-order valence-corrected chi connectivity index (χ4v) is 16.9. The van der Waals surface area contributed by atoms with Gasteiger partial charge in [0.2, 0.25) is 23.7 Å². The summed E-state index contributed by atoms with van der Waals surface area (Å²) in [4.78, 5) is 59.9. The standard InChI is InChI=1S/C56H66BrF2N10O5P/c1-4-34-28-45(63-54-60-32-40(57)51(65-54)62-44-12-11-43-38(9-8-35(5-2)61-43)50(44)75(73)26-6-7-27-75)47(74-3)31-46(34)68-20-14-37(15-21-68)67-22-24-69(25-23-67)53(72)55-16-18-56(33-55,19-17-55)66-36-29-41(58)49(42(59)30-36)39-10-13-48(70)64-52(39)71/h8-9,11-12,28-32,37,39,66H,4-7,10,13-27,33H2,1-3H3,(H,64,70,71)(H2,60,62,63,65). The molecule has 19 heteroatoms. The van der Waals surface area contributed by atoms with Crippen LogP contribution in [0.25, 0.3) is 10.9 Å². The van der Waals surface area contributed by atoms with E-state index in [-0.39, 0.29) is 24.3 Å². The molecule has 11 rings (SSSR count). The number of fused-ring (bicyclic) bond motifs is 3. The van der Waals surface area contributed by atoms with Crippen LogP contribution in [0.2, 0.25) is 0 Å². The molecule has 6 heterocycles. The number of imide groups is 1. The Bertz CT molecular complexity index is 3090. The second kappa shape index (κ2) is 20.7. The van der Waals surface area contributed by atoms with Crippen molar-refractivity contribution >= 4 is 91.5 Å². The molecule has 15 nitrogen and oxygen atoms in total. The van der Waals surface area contributed by atoms with E-state index < -0.39 is 47.5 Å². The van der Waals surface area contributed by atoms with Crippen molar-refractivity contribution in [2.75, 3.05) is 79.6 Å². The number of hydrogen-bond acceptors (Lipinski definition) is 13. The summed E-state index contributed by atoms with van der Waals surface area (Å²) in [6, 6.07) is 15.2. The highest BCUT2D eigenvalue weighted by Crippen LogP contribution is 2.59. The number of nitrogens with one attached hydrogen (secondary N) is 4. The lowest BCUT2D eigenvalue weighted by atomic mass is 9.82. The second-order valence-electron chi connectivity index (χ2n) is 21.7. The lowest BCUT2D eigenvalue weighted by Crippen LogP contribution is -2.56. The molecule has 0 radical (unpaired) electrons. The van der Waals surface area contributed by atoms with Crippen molar-refractivity contribution in [2.24, 2.45) is 5.41 Å². The van der Waals surface area contributed by atoms with Crippen LogP contribution in [0.1, 0.15) is 107 Å². The first-order valence-electron chi connectivity index (χ1n) is 26.9. The van der Waals surface area contributed by atoms with Crippen LogP contribution in [0, 0.1) is 17.0 Å². The molecule has 6 fully saturated rings. The van der Waals surface area contributed by atoms with Crippen molar-refractivity contribution in [1.29, 1.82) is 0 Å². The number of pyridine rings is 1. The molecule has 0 spiro atoms. The monoisotopic (exact) mass is 1110 g/mol. The molecule has 2 saturated carbocycles. The Morgan fingerprint density at radius 2 is 1.61 bits per heavy atom. The Kier molecular flexibility index (Phi) is 14.2. The maximum atomic E-state index is 15.4. The number of methoxy groups -OCH3 is 1. The zero-order chi connectivity index (χ0) is 52.2. The van der Waals surface area contributed by atoms with Crippen LogP contribution >= 0.6 is 23.1 Å². The summed E-state index contributed by atoms with van der Waals surface area (Å²) in [5.41, 5.74) is 4.79. The first kappa shape index (κ1) is 51.4. The minimum Gasteiger partial charge on any atom is -0.494 e. The number of amides is 3. The first-order valence-corrected chi connectivity index (χ1v) is 29.7. The van der Waals surface area contributed by atoms with Crippen LogP contribution in [0.5, 0.6) is 5.75 Å². The third-order valence-electron chi connectivity index (χ3n) is 17.3. The molecule has 2 aromatic heterocycles. The Labute approximate surface area is 445 Å². The van der Waals surface area contributed by atoms with Crippen molar-refractivity contribution < 1.29 is 32.5 Å². The van der Waals surface area contributed by atoms with Crippen molar-refractivity contribution in [3.63, 3.8) is 0 Å². The molecule has 4 aliphatic heterocycles. The topological polar surface area (TPSA) is 174 Å². The van der Waals surface area contributed by atoms with Gasteiger partial charge in [-0.15, -0.1) is 0 Å². The number of ether oxygens (including phenoxy) is 1. The minimum atomic E-state index is -2.66. The van der Waals surface area contributed by atoms with Gasteiger partial charge in [-0.3, -0.25) is 29.6 Å². The van der Waals surface area contributed by atoms with E-state index in [0.29, 0.717) is 65.6 Å². The van der Waals surface area contributed by atoms with E-state index >= 15 is 8.78 Å². The molecule has 75 heavy (non-hydrogen) atoms.